The lowest BCUT2D eigenvalue weighted by Gasteiger charge is -2.20. The van der Waals surface area contributed by atoms with Gasteiger partial charge in [-0.05, 0) is 35.4 Å². The molecule has 0 bridgehead atoms. The predicted molar refractivity (Wildman–Crippen MR) is 89.5 cm³/mol. The number of alkyl halides is 3. The summed E-state index contributed by atoms with van der Waals surface area (Å²) in [6, 6.07) is 8.49. The van der Waals surface area contributed by atoms with Gasteiger partial charge in [-0.15, -0.1) is 0 Å². The summed E-state index contributed by atoms with van der Waals surface area (Å²) >= 11 is 0. The molecular weight excluding hydrogens is 387 g/mol. The monoisotopic (exact) mass is 403 g/mol. The SMILES string of the molecule is O=CN(O)C(CO)CS(=O)(=O)c1ccc(-c2ccc(C(F)(F)F)cc2)cc1. The van der Waals surface area contributed by atoms with Crippen LogP contribution in [-0.4, -0.2) is 48.6 Å². The van der Waals surface area contributed by atoms with Crippen molar-refractivity contribution >= 4 is 16.2 Å². The molecule has 0 aliphatic carbocycles. The van der Waals surface area contributed by atoms with Crippen LogP contribution in [0.5, 0.6) is 0 Å². The van der Waals surface area contributed by atoms with Crippen LogP contribution in [0.15, 0.2) is 53.4 Å². The number of halogens is 3. The Bertz CT molecular complexity index is 880. The third-order valence-corrected chi connectivity index (χ3v) is 5.68. The smallest absolute Gasteiger partial charge is 0.394 e. The van der Waals surface area contributed by atoms with Crippen LogP contribution in [0.3, 0.4) is 0 Å². The maximum Gasteiger partial charge on any atom is 0.416 e. The second kappa shape index (κ2) is 8.07. The van der Waals surface area contributed by atoms with Crippen molar-refractivity contribution in [3.05, 3.63) is 54.1 Å². The first kappa shape index (κ1) is 20.9. The van der Waals surface area contributed by atoms with Gasteiger partial charge in [0.15, 0.2) is 9.84 Å². The number of amides is 1. The number of sulfone groups is 1. The molecule has 1 amide bonds. The first-order valence-electron chi connectivity index (χ1n) is 7.62. The Morgan fingerprint density at radius 3 is 1.89 bits per heavy atom. The van der Waals surface area contributed by atoms with Gasteiger partial charge in [0.25, 0.3) is 0 Å². The molecule has 0 fully saturated rings. The van der Waals surface area contributed by atoms with Crippen molar-refractivity contribution in [2.24, 2.45) is 0 Å². The number of benzene rings is 2. The fraction of sp³-hybridized carbons (Fsp3) is 0.235. The Morgan fingerprint density at radius 1 is 1.00 bits per heavy atom. The number of rotatable bonds is 7. The molecule has 0 aliphatic rings. The first-order chi connectivity index (χ1) is 12.6. The second-order valence-corrected chi connectivity index (χ2v) is 7.74. The van der Waals surface area contributed by atoms with E-state index in [1.54, 1.807) is 0 Å². The molecule has 0 saturated heterocycles. The number of aliphatic hydroxyl groups excluding tert-OH is 1. The van der Waals surface area contributed by atoms with E-state index in [4.69, 9.17) is 5.11 Å². The van der Waals surface area contributed by atoms with Crippen molar-refractivity contribution in [1.29, 1.82) is 0 Å². The molecule has 27 heavy (non-hydrogen) atoms. The average Bonchev–Trinajstić information content (AvgIpc) is 2.65. The van der Waals surface area contributed by atoms with Crippen LogP contribution in [0.2, 0.25) is 0 Å². The highest BCUT2D eigenvalue weighted by Gasteiger charge is 2.30. The van der Waals surface area contributed by atoms with Crippen molar-refractivity contribution in [1.82, 2.24) is 5.06 Å². The Morgan fingerprint density at radius 2 is 1.48 bits per heavy atom. The Labute approximate surface area is 153 Å². The zero-order chi connectivity index (χ0) is 20.2. The maximum absolute atomic E-state index is 12.6. The highest BCUT2D eigenvalue weighted by atomic mass is 32.2. The normalized spacial score (nSPS) is 13.2. The lowest BCUT2D eigenvalue weighted by molar-refractivity contribution is -0.161. The van der Waals surface area contributed by atoms with Crippen LogP contribution in [0.1, 0.15) is 5.56 Å². The van der Waals surface area contributed by atoms with Gasteiger partial charge in [0.2, 0.25) is 6.41 Å². The van der Waals surface area contributed by atoms with Gasteiger partial charge in [0.05, 0.1) is 28.9 Å². The van der Waals surface area contributed by atoms with Crippen LogP contribution < -0.4 is 0 Å². The molecule has 2 N–H and O–H groups in total. The van der Waals surface area contributed by atoms with Crippen molar-refractivity contribution in [3.63, 3.8) is 0 Å². The van der Waals surface area contributed by atoms with E-state index >= 15 is 0 Å². The van der Waals surface area contributed by atoms with E-state index in [2.05, 4.69) is 0 Å². The van der Waals surface area contributed by atoms with Crippen molar-refractivity contribution < 1.29 is 36.7 Å². The number of carbonyl (C=O) groups is 1. The molecular formula is C17H16F3NO5S. The van der Waals surface area contributed by atoms with Crippen molar-refractivity contribution in [2.75, 3.05) is 12.4 Å². The van der Waals surface area contributed by atoms with Crippen molar-refractivity contribution in [2.45, 2.75) is 17.1 Å². The molecule has 0 radical (unpaired) electrons. The van der Waals surface area contributed by atoms with Gasteiger partial charge in [0.1, 0.15) is 0 Å². The zero-order valence-electron chi connectivity index (χ0n) is 13.8. The third-order valence-electron chi connectivity index (χ3n) is 3.86. The first-order valence-corrected chi connectivity index (χ1v) is 9.27. The highest BCUT2D eigenvalue weighted by molar-refractivity contribution is 7.91. The van der Waals surface area contributed by atoms with Gasteiger partial charge in [-0.1, -0.05) is 24.3 Å². The summed E-state index contributed by atoms with van der Waals surface area (Å²) in [6.45, 7) is -0.752. The van der Waals surface area contributed by atoms with Gasteiger partial charge >= 0.3 is 6.18 Å². The molecule has 0 saturated carbocycles. The molecule has 2 aromatic rings. The van der Waals surface area contributed by atoms with Gasteiger partial charge in [-0.3, -0.25) is 10.0 Å². The predicted octanol–water partition coefficient (Wildman–Crippen LogP) is 2.35. The maximum atomic E-state index is 12.6. The van der Waals surface area contributed by atoms with Gasteiger partial charge < -0.3 is 5.11 Å². The third kappa shape index (κ3) is 5.06. The van der Waals surface area contributed by atoms with E-state index in [0.29, 0.717) is 11.1 Å². The Balaban J connectivity index is 2.22. The molecule has 0 spiro atoms. The molecule has 0 aromatic heterocycles. The van der Waals surface area contributed by atoms with E-state index in [9.17, 15) is 31.6 Å². The lowest BCUT2D eigenvalue weighted by atomic mass is 10.0. The molecule has 1 unspecified atom stereocenters. The van der Waals surface area contributed by atoms with E-state index in [0.717, 1.165) is 12.1 Å². The fourth-order valence-electron chi connectivity index (χ4n) is 2.35. The molecule has 2 aromatic carbocycles. The average molecular weight is 403 g/mol. The summed E-state index contributed by atoms with van der Waals surface area (Å²) in [6.07, 6.45) is -4.45. The van der Waals surface area contributed by atoms with E-state index in [1.165, 1.54) is 36.4 Å². The van der Waals surface area contributed by atoms with Gasteiger partial charge in [0, 0.05) is 0 Å². The summed E-state index contributed by atoms with van der Waals surface area (Å²) in [5, 5.41) is 18.4. The minimum Gasteiger partial charge on any atom is -0.394 e. The fourth-order valence-corrected chi connectivity index (χ4v) is 3.86. The molecule has 0 heterocycles. The number of aliphatic hydroxyl groups is 1. The summed E-state index contributed by atoms with van der Waals surface area (Å²) in [4.78, 5) is 10.4. The van der Waals surface area contributed by atoms with Crippen LogP contribution in [0.4, 0.5) is 13.2 Å². The molecule has 1 atom stereocenters. The topological polar surface area (TPSA) is 94.9 Å². The minimum atomic E-state index is -4.44. The summed E-state index contributed by atoms with van der Waals surface area (Å²) in [5.41, 5.74) is 0.199. The van der Waals surface area contributed by atoms with E-state index in [1.807, 2.05) is 0 Å². The number of hydrogen-bond donors (Lipinski definition) is 2. The van der Waals surface area contributed by atoms with Crippen LogP contribution in [0.25, 0.3) is 11.1 Å². The molecule has 0 aliphatic heterocycles. The largest absolute Gasteiger partial charge is 0.416 e. The summed E-state index contributed by atoms with van der Waals surface area (Å²) < 4.78 is 62.5. The van der Waals surface area contributed by atoms with Crippen LogP contribution in [0, 0.1) is 0 Å². The van der Waals surface area contributed by atoms with Gasteiger partial charge in [-0.25, -0.2) is 13.5 Å². The van der Waals surface area contributed by atoms with Gasteiger partial charge in [-0.2, -0.15) is 13.2 Å². The number of carbonyl (C=O) groups excluding carboxylic acids is 1. The molecule has 146 valence electrons. The quantitative estimate of drug-likeness (QED) is 0.420. The standard InChI is InChI=1S/C17H16F3NO5S/c18-17(19,20)14-5-1-12(2-6-14)13-3-7-16(8-4-13)27(25,26)10-15(9-22)21(24)11-23/h1-8,11,15,22,24H,9-10H2. The minimum absolute atomic E-state index is 0.00981. The lowest BCUT2D eigenvalue weighted by Crippen LogP contribution is -2.39. The zero-order valence-corrected chi connectivity index (χ0v) is 14.6. The van der Waals surface area contributed by atoms with E-state index < -0.39 is 40.0 Å². The molecule has 2 rings (SSSR count). The summed E-state index contributed by atoms with van der Waals surface area (Å²) in [7, 11) is -3.92. The summed E-state index contributed by atoms with van der Waals surface area (Å²) in [5.74, 6) is -0.696. The molecule has 6 nitrogen and oxygen atoms in total. The second-order valence-electron chi connectivity index (χ2n) is 5.70. The number of hydrogen-bond acceptors (Lipinski definition) is 5. The number of hydroxylamine groups is 2. The molecule has 10 heteroatoms. The van der Waals surface area contributed by atoms with E-state index in [-0.39, 0.29) is 16.4 Å². The Kier molecular flexibility index (Phi) is 6.24. The Hall–Kier alpha value is -2.43. The highest BCUT2D eigenvalue weighted by Crippen LogP contribution is 2.31. The van der Waals surface area contributed by atoms with Crippen LogP contribution >= 0.6 is 0 Å². The van der Waals surface area contributed by atoms with Crippen molar-refractivity contribution in [3.8, 4) is 11.1 Å². The van der Waals surface area contributed by atoms with Crippen LogP contribution in [-0.2, 0) is 20.8 Å². The number of nitrogens with zero attached hydrogens (tertiary/aromatic N) is 1.